The number of hydrogen-bond donors (Lipinski definition) is 1. The van der Waals surface area contributed by atoms with E-state index in [4.69, 9.17) is 16.6 Å². The number of aliphatic imine (C=N–C) groups is 1. The van der Waals surface area contributed by atoms with Crippen LogP contribution in [0.3, 0.4) is 0 Å². The average Bonchev–Trinajstić information content (AvgIpc) is 3.17. The van der Waals surface area contributed by atoms with E-state index in [1.807, 2.05) is 48.3 Å². The number of nitrogens with zero attached hydrogens (tertiary/aromatic N) is 3. The summed E-state index contributed by atoms with van der Waals surface area (Å²) in [6.07, 6.45) is 2.88. The smallest absolute Gasteiger partial charge is 0.160 e. The molecule has 1 aromatic heterocycles. The van der Waals surface area contributed by atoms with Crippen LogP contribution in [0.5, 0.6) is 5.75 Å². The first-order chi connectivity index (χ1) is 11.7. The Hall–Kier alpha value is -1.72. The molecule has 0 radical (unpaired) electrons. The number of phenols is 1. The van der Waals surface area contributed by atoms with E-state index in [0.29, 0.717) is 11.1 Å². The van der Waals surface area contributed by atoms with E-state index in [0.717, 1.165) is 28.6 Å². The number of amidine groups is 1. The fourth-order valence-electron chi connectivity index (χ4n) is 3.42. The van der Waals surface area contributed by atoms with Crippen LogP contribution >= 0.6 is 23.4 Å². The van der Waals surface area contributed by atoms with Gasteiger partial charge in [-0.05, 0) is 36.2 Å². The molecule has 3 heterocycles. The maximum atomic E-state index is 9.76. The molecule has 6 heteroatoms. The lowest BCUT2D eigenvalue weighted by atomic mass is 9.95. The molecule has 4 rings (SSSR count). The second kappa shape index (κ2) is 6.30. The van der Waals surface area contributed by atoms with Crippen LogP contribution in [0.4, 0.5) is 0 Å². The number of hydrogen-bond acceptors (Lipinski definition) is 5. The summed E-state index contributed by atoms with van der Waals surface area (Å²) in [5.41, 5.74) is 2.03. The van der Waals surface area contributed by atoms with Crippen LogP contribution in [0.15, 0.2) is 47.6 Å². The fraction of sp³-hybridized carbons (Fsp3) is 0.333. The third kappa shape index (κ3) is 2.56. The fourth-order valence-corrected chi connectivity index (χ4v) is 4.94. The first-order valence-corrected chi connectivity index (χ1v) is 9.43. The zero-order valence-corrected chi connectivity index (χ0v) is 14.8. The summed E-state index contributed by atoms with van der Waals surface area (Å²) in [4.78, 5) is 11.9. The Kier molecular flexibility index (Phi) is 4.14. The van der Waals surface area contributed by atoms with Crippen molar-refractivity contribution in [2.45, 2.75) is 31.5 Å². The molecule has 124 valence electrons. The lowest BCUT2D eigenvalue weighted by Crippen LogP contribution is -2.35. The molecule has 0 amide bonds. The van der Waals surface area contributed by atoms with E-state index in [9.17, 15) is 5.11 Å². The van der Waals surface area contributed by atoms with Gasteiger partial charge in [0.1, 0.15) is 11.8 Å². The maximum Gasteiger partial charge on any atom is 0.160 e. The summed E-state index contributed by atoms with van der Waals surface area (Å²) >= 11 is 7.99. The molecule has 4 nitrogen and oxygen atoms in total. The number of fused-ring (bicyclic) bond motifs is 1. The third-order valence-corrected chi connectivity index (χ3v) is 6.07. The molecule has 24 heavy (non-hydrogen) atoms. The van der Waals surface area contributed by atoms with Gasteiger partial charge in [-0.2, -0.15) is 0 Å². The molecular weight excluding hydrogens is 342 g/mol. The van der Waals surface area contributed by atoms with E-state index in [1.54, 1.807) is 6.07 Å². The van der Waals surface area contributed by atoms with Crippen LogP contribution in [-0.4, -0.2) is 32.0 Å². The van der Waals surface area contributed by atoms with Gasteiger partial charge in [0.25, 0.3) is 0 Å². The highest BCUT2D eigenvalue weighted by Crippen LogP contribution is 2.49. The monoisotopic (exact) mass is 359 g/mol. The molecule has 0 aliphatic carbocycles. The molecule has 2 aliphatic rings. The zero-order chi connectivity index (χ0) is 16.7. The molecule has 3 atom stereocenters. The lowest BCUT2D eigenvalue weighted by molar-refractivity contribution is 0.255. The Labute approximate surface area is 150 Å². The average molecular weight is 360 g/mol. The number of pyridine rings is 1. The van der Waals surface area contributed by atoms with Gasteiger partial charge < -0.3 is 10.0 Å². The second-order valence-electron chi connectivity index (χ2n) is 6.05. The van der Waals surface area contributed by atoms with Crippen molar-refractivity contribution >= 4 is 28.5 Å². The predicted molar refractivity (Wildman–Crippen MR) is 98.6 cm³/mol. The Bertz CT molecular complexity index is 783. The van der Waals surface area contributed by atoms with Gasteiger partial charge in [-0.1, -0.05) is 42.4 Å². The van der Waals surface area contributed by atoms with Gasteiger partial charge in [0.05, 0.1) is 16.8 Å². The highest BCUT2D eigenvalue weighted by Gasteiger charge is 2.45. The largest absolute Gasteiger partial charge is 0.506 e. The highest BCUT2D eigenvalue weighted by molar-refractivity contribution is 8.14. The molecule has 0 spiro atoms. The molecule has 0 saturated carbocycles. The summed E-state index contributed by atoms with van der Waals surface area (Å²) in [5.74, 6) is 1.17. The minimum absolute atomic E-state index is 0.0522. The molecule has 1 aromatic carbocycles. The van der Waals surface area contributed by atoms with Gasteiger partial charge in [-0.3, -0.25) is 9.98 Å². The van der Waals surface area contributed by atoms with Crippen molar-refractivity contribution in [1.82, 2.24) is 9.88 Å². The number of benzene rings is 1. The number of rotatable bonds is 3. The van der Waals surface area contributed by atoms with Crippen molar-refractivity contribution in [2.75, 3.05) is 5.75 Å². The van der Waals surface area contributed by atoms with Gasteiger partial charge in [-0.25, -0.2) is 0 Å². The molecule has 1 fully saturated rings. The highest BCUT2D eigenvalue weighted by atomic mass is 35.5. The summed E-state index contributed by atoms with van der Waals surface area (Å²) in [5, 5.41) is 11.2. The van der Waals surface area contributed by atoms with Gasteiger partial charge in [0, 0.05) is 18.0 Å². The number of phenolic OH excluding ortho intramolecular Hbond substituents is 1. The molecule has 2 aliphatic heterocycles. The summed E-state index contributed by atoms with van der Waals surface area (Å²) in [6.45, 7) is 2.21. The SMILES string of the molecule is CC[C@H]1CSC2=N[C@H](c3ccccn3)[C@@H](c3ccc(O)c(Cl)c3)N21. The van der Waals surface area contributed by atoms with Crippen molar-refractivity contribution in [2.24, 2.45) is 4.99 Å². The molecule has 0 unspecified atom stereocenters. The Balaban J connectivity index is 1.80. The van der Waals surface area contributed by atoms with Crippen LogP contribution in [0.25, 0.3) is 0 Å². The van der Waals surface area contributed by atoms with Crippen LogP contribution in [0.1, 0.15) is 36.7 Å². The van der Waals surface area contributed by atoms with E-state index >= 15 is 0 Å². The van der Waals surface area contributed by atoms with Crippen LogP contribution < -0.4 is 0 Å². The minimum atomic E-state index is -0.0522. The maximum absolute atomic E-state index is 9.76. The topological polar surface area (TPSA) is 48.7 Å². The third-order valence-electron chi connectivity index (χ3n) is 4.64. The summed E-state index contributed by atoms with van der Waals surface area (Å²) < 4.78 is 0. The standard InChI is InChI=1S/C18H18ClN3OS/c1-2-12-10-24-18-21-16(14-5-3-4-8-20-14)17(22(12)18)11-6-7-15(23)13(19)9-11/h3-9,12,16-17,23H,2,10H2,1H3/t12-,16+,17+/m0/s1. The lowest BCUT2D eigenvalue weighted by Gasteiger charge is -2.32. The van der Waals surface area contributed by atoms with E-state index in [2.05, 4.69) is 16.8 Å². The first-order valence-electron chi connectivity index (χ1n) is 8.07. The van der Waals surface area contributed by atoms with Crippen molar-refractivity contribution in [3.05, 3.63) is 58.9 Å². The van der Waals surface area contributed by atoms with Gasteiger partial charge in [0.15, 0.2) is 5.17 Å². The summed E-state index contributed by atoms with van der Waals surface area (Å²) in [6, 6.07) is 11.9. The second-order valence-corrected chi connectivity index (χ2v) is 7.44. The Morgan fingerprint density at radius 3 is 2.92 bits per heavy atom. The summed E-state index contributed by atoms with van der Waals surface area (Å²) in [7, 11) is 0. The van der Waals surface area contributed by atoms with Gasteiger partial charge >= 0.3 is 0 Å². The van der Waals surface area contributed by atoms with Crippen molar-refractivity contribution in [1.29, 1.82) is 0 Å². The first kappa shape index (κ1) is 15.8. The zero-order valence-electron chi connectivity index (χ0n) is 13.3. The van der Waals surface area contributed by atoms with Crippen molar-refractivity contribution in [3.63, 3.8) is 0 Å². The van der Waals surface area contributed by atoms with E-state index in [1.165, 1.54) is 0 Å². The predicted octanol–water partition coefficient (Wildman–Crippen LogP) is 4.42. The van der Waals surface area contributed by atoms with Crippen LogP contribution in [0, 0.1) is 0 Å². The number of aromatic nitrogens is 1. The molecule has 1 saturated heterocycles. The Morgan fingerprint density at radius 2 is 2.21 bits per heavy atom. The van der Waals surface area contributed by atoms with Gasteiger partial charge in [0.2, 0.25) is 0 Å². The van der Waals surface area contributed by atoms with Crippen molar-refractivity contribution < 1.29 is 5.11 Å². The van der Waals surface area contributed by atoms with Crippen LogP contribution in [-0.2, 0) is 0 Å². The minimum Gasteiger partial charge on any atom is -0.506 e. The number of thioether (sulfide) groups is 1. The van der Waals surface area contributed by atoms with Gasteiger partial charge in [-0.15, -0.1) is 0 Å². The number of aromatic hydroxyl groups is 1. The molecule has 0 bridgehead atoms. The van der Waals surface area contributed by atoms with E-state index in [-0.39, 0.29) is 17.8 Å². The number of halogens is 1. The molecular formula is C18H18ClN3OS. The van der Waals surface area contributed by atoms with Crippen molar-refractivity contribution in [3.8, 4) is 5.75 Å². The Morgan fingerprint density at radius 1 is 1.33 bits per heavy atom. The van der Waals surface area contributed by atoms with Crippen LogP contribution in [0.2, 0.25) is 5.02 Å². The quantitative estimate of drug-likeness (QED) is 0.881. The molecule has 1 N–H and O–H groups in total. The molecule has 2 aromatic rings. The van der Waals surface area contributed by atoms with E-state index < -0.39 is 0 Å². The normalized spacial score (nSPS) is 25.7.